The van der Waals surface area contributed by atoms with Crippen molar-refractivity contribution in [3.8, 4) is 0 Å². The van der Waals surface area contributed by atoms with Crippen LogP contribution in [0.4, 0.5) is 0 Å². The Morgan fingerprint density at radius 1 is 1.35 bits per heavy atom. The number of nitrogens with zero attached hydrogens (tertiary/aromatic N) is 1. The van der Waals surface area contributed by atoms with Crippen molar-refractivity contribution in [3.63, 3.8) is 0 Å². The molecule has 0 spiro atoms. The Hall–Kier alpha value is -1.14. The second-order valence-electron chi connectivity index (χ2n) is 5.76. The zero-order chi connectivity index (χ0) is 16.9. The lowest BCUT2D eigenvalue weighted by atomic mass is 10.1. The van der Waals surface area contributed by atoms with Gasteiger partial charge < -0.3 is 11.1 Å². The van der Waals surface area contributed by atoms with Crippen LogP contribution in [0.1, 0.15) is 51.9 Å². The smallest absolute Gasteiger partial charge is 0.223 e. The van der Waals surface area contributed by atoms with Gasteiger partial charge in [0.15, 0.2) is 6.29 Å². The van der Waals surface area contributed by atoms with Crippen LogP contribution in [0.2, 0.25) is 0 Å². The Kier molecular flexibility index (Phi) is 10.6. The summed E-state index contributed by atoms with van der Waals surface area (Å²) in [6, 6.07) is 0. The zero-order valence-corrected chi connectivity index (χ0v) is 14.9. The Morgan fingerprint density at radius 3 is 2.61 bits per heavy atom. The van der Waals surface area contributed by atoms with Crippen molar-refractivity contribution in [2.45, 2.75) is 51.9 Å². The molecule has 3 N–H and O–H groups in total. The fourth-order valence-electron chi connectivity index (χ4n) is 2.55. The summed E-state index contributed by atoms with van der Waals surface area (Å²) < 4.78 is 0. The quantitative estimate of drug-likeness (QED) is 0.551. The minimum atomic E-state index is 0.273. The Bertz CT molecular complexity index is 430. The number of hydrogen-bond acceptors (Lipinski definition) is 5. The van der Waals surface area contributed by atoms with Crippen LogP contribution in [0.25, 0.3) is 0 Å². The highest BCUT2D eigenvalue weighted by Gasteiger charge is 2.21. The molecule has 0 aromatic rings. The fraction of sp³-hybridized carbons (Fsp3) is 0.706. The van der Waals surface area contributed by atoms with E-state index in [1.807, 2.05) is 13.0 Å². The van der Waals surface area contributed by atoms with E-state index in [4.69, 9.17) is 5.73 Å². The van der Waals surface area contributed by atoms with E-state index >= 15 is 0 Å². The lowest BCUT2D eigenvalue weighted by Crippen LogP contribution is -2.30. The Balaban J connectivity index is 0.000000253. The van der Waals surface area contributed by atoms with Crippen molar-refractivity contribution in [2.24, 2.45) is 16.6 Å². The average Bonchev–Trinajstić information content (AvgIpc) is 3.26. The monoisotopic (exact) mass is 339 g/mol. The molecule has 0 atom stereocenters. The first-order chi connectivity index (χ1) is 11.2. The molecule has 1 heterocycles. The zero-order valence-electron chi connectivity index (χ0n) is 14.1. The van der Waals surface area contributed by atoms with Gasteiger partial charge >= 0.3 is 0 Å². The van der Waals surface area contributed by atoms with Crippen molar-refractivity contribution in [1.29, 1.82) is 0 Å². The van der Waals surface area contributed by atoms with Crippen LogP contribution in [0.3, 0.4) is 0 Å². The van der Waals surface area contributed by atoms with Crippen molar-refractivity contribution >= 4 is 29.0 Å². The highest BCUT2D eigenvalue weighted by atomic mass is 32.2. The van der Waals surface area contributed by atoms with E-state index < -0.39 is 0 Å². The highest BCUT2D eigenvalue weighted by molar-refractivity contribution is 8.16. The molecule has 2 aliphatic rings. The van der Waals surface area contributed by atoms with Crippen LogP contribution in [-0.4, -0.2) is 36.1 Å². The first-order valence-corrected chi connectivity index (χ1v) is 9.49. The molecule has 1 aliphatic heterocycles. The SMILES string of the molecule is C/C=C1\CSC(C=O)=N1.NCCCCCNC(=O)C1CCCC1. The maximum absolute atomic E-state index is 11.5. The molecule has 6 heteroatoms. The van der Waals surface area contributed by atoms with E-state index in [-0.39, 0.29) is 5.91 Å². The van der Waals surface area contributed by atoms with Gasteiger partial charge in [0.05, 0.1) is 0 Å². The van der Waals surface area contributed by atoms with Crippen molar-refractivity contribution in [2.75, 3.05) is 18.8 Å². The van der Waals surface area contributed by atoms with Gasteiger partial charge in [-0.15, -0.1) is 0 Å². The molecule has 1 fully saturated rings. The molecule has 0 unspecified atom stereocenters. The Labute approximate surface area is 143 Å². The number of aldehydes is 1. The number of unbranched alkanes of at least 4 members (excludes halogenated alkanes) is 2. The Morgan fingerprint density at radius 2 is 2.09 bits per heavy atom. The van der Waals surface area contributed by atoms with Gasteiger partial charge in [-0.25, -0.2) is 4.99 Å². The van der Waals surface area contributed by atoms with E-state index in [9.17, 15) is 9.59 Å². The van der Waals surface area contributed by atoms with Crippen molar-refractivity contribution in [1.82, 2.24) is 5.32 Å². The fourth-order valence-corrected chi connectivity index (χ4v) is 3.33. The summed E-state index contributed by atoms with van der Waals surface area (Å²) in [7, 11) is 0. The van der Waals surface area contributed by atoms with Gasteiger partial charge in [-0.05, 0) is 39.2 Å². The maximum Gasteiger partial charge on any atom is 0.223 e. The third-order valence-electron chi connectivity index (χ3n) is 3.96. The third kappa shape index (κ3) is 8.32. The normalized spacial score (nSPS) is 19.2. The van der Waals surface area contributed by atoms with E-state index in [1.54, 1.807) is 0 Å². The van der Waals surface area contributed by atoms with E-state index in [1.165, 1.54) is 24.6 Å². The summed E-state index contributed by atoms with van der Waals surface area (Å²) in [5.74, 6) is 1.43. The summed E-state index contributed by atoms with van der Waals surface area (Å²) in [6.45, 7) is 3.51. The summed E-state index contributed by atoms with van der Waals surface area (Å²) >= 11 is 1.49. The second kappa shape index (κ2) is 12.3. The molecular weight excluding hydrogens is 310 g/mol. The number of aliphatic imine (C=N–C) groups is 1. The molecule has 1 amide bonds. The molecule has 1 saturated carbocycles. The predicted molar refractivity (Wildman–Crippen MR) is 97.6 cm³/mol. The van der Waals surface area contributed by atoms with Crippen LogP contribution in [-0.2, 0) is 9.59 Å². The molecule has 23 heavy (non-hydrogen) atoms. The third-order valence-corrected chi connectivity index (χ3v) is 4.89. The molecule has 130 valence electrons. The van der Waals surface area contributed by atoms with Crippen LogP contribution in [0, 0.1) is 5.92 Å². The first-order valence-electron chi connectivity index (χ1n) is 8.51. The van der Waals surface area contributed by atoms with E-state index in [2.05, 4.69) is 10.3 Å². The molecule has 0 aromatic heterocycles. The summed E-state index contributed by atoms with van der Waals surface area (Å²) in [6.07, 6.45) is 10.6. The molecular formula is C17H29N3O2S. The summed E-state index contributed by atoms with van der Waals surface area (Å²) in [4.78, 5) is 25.6. The number of carbonyl (C=O) groups excluding carboxylic acids is 2. The summed E-state index contributed by atoms with van der Waals surface area (Å²) in [5, 5.41) is 3.60. The summed E-state index contributed by atoms with van der Waals surface area (Å²) in [5.41, 5.74) is 6.38. The molecule has 1 aliphatic carbocycles. The van der Waals surface area contributed by atoms with Crippen LogP contribution in [0.5, 0.6) is 0 Å². The molecule has 0 radical (unpaired) electrons. The van der Waals surface area contributed by atoms with Gasteiger partial charge in [0.25, 0.3) is 0 Å². The van der Waals surface area contributed by atoms with Gasteiger partial charge in [0, 0.05) is 23.9 Å². The van der Waals surface area contributed by atoms with Crippen molar-refractivity contribution < 1.29 is 9.59 Å². The highest BCUT2D eigenvalue weighted by Crippen LogP contribution is 2.24. The van der Waals surface area contributed by atoms with Gasteiger partial charge in [0.2, 0.25) is 5.91 Å². The number of allylic oxidation sites excluding steroid dienone is 1. The molecule has 0 saturated heterocycles. The number of carbonyl (C=O) groups is 2. The number of thioether (sulfide) groups is 1. The number of nitrogens with one attached hydrogen (secondary N) is 1. The van der Waals surface area contributed by atoms with Crippen LogP contribution < -0.4 is 11.1 Å². The van der Waals surface area contributed by atoms with Gasteiger partial charge in [0.1, 0.15) is 5.04 Å². The standard InChI is InChI=1S/C11H22N2O.C6H7NOS/c12-8-4-1-5-9-13-11(14)10-6-2-3-7-10;1-2-5-4-9-6(3-8)7-5/h10H,1-9,12H2,(H,13,14);2-3H,4H2,1H3/b;5-2+. The maximum atomic E-state index is 11.5. The largest absolute Gasteiger partial charge is 0.356 e. The van der Waals surface area contributed by atoms with Gasteiger partial charge in [-0.2, -0.15) is 0 Å². The number of amides is 1. The van der Waals surface area contributed by atoms with Crippen LogP contribution in [0.15, 0.2) is 16.8 Å². The molecule has 0 bridgehead atoms. The van der Waals surface area contributed by atoms with E-state index in [0.29, 0.717) is 11.0 Å². The van der Waals surface area contributed by atoms with Gasteiger partial charge in [-0.3, -0.25) is 9.59 Å². The number of hydrogen-bond donors (Lipinski definition) is 2. The lowest BCUT2D eigenvalue weighted by molar-refractivity contribution is -0.124. The minimum Gasteiger partial charge on any atom is -0.356 e. The molecule has 2 rings (SSSR count). The van der Waals surface area contributed by atoms with Gasteiger partial charge in [-0.1, -0.05) is 37.1 Å². The molecule has 0 aromatic carbocycles. The van der Waals surface area contributed by atoms with Crippen LogP contribution >= 0.6 is 11.8 Å². The molecule has 5 nitrogen and oxygen atoms in total. The second-order valence-corrected chi connectivity index (χ2v) is 6.75. The number of rotatable bonds is 7. The number of nitrogens with two attached hydrogens (primary N) is 1. The average molecular weight is 340 g/mol. The topological polar surface area (TPSA) is 84.6 Å². The predicted octanol–water partition coefficient (Wildman–Crippen LogP) is 2.66. The van der Waals surface area contributed by atoms with E-state index in [0.717, 1.165) is 62.9 Å². The lowest BCUT2D eigenvalue weighted by Gasteiger charge is -2.09. The first kappa shape index (κ1) is 19.9. The van der Waals surface area contributed by atoms with Crippen molar-refractivity contribution in [3.05, 3.63) is 11.8 Å². The minimum absolute atomic E-state index is 0.273.